The van der Waals surface area contributed by atoms with E-state index < -0.39 is 0 Å². The van der Waals surface area contributed by atoms with Crippen LogP contribution in [0.4, 0.5) is 10.5 Å². The van der Waals surface area contributed by atoms with Gasteiger partial charge in [0.1, 0.15) is 0 Å². The smallest absolute Gasteiger partial charge is 0.414 e. The fraction of sp³-hybridized carbons (Fsp3) is 0.367. The number of carbonyl (C=O) groups is 1. The van der Waals surface area contributed by atoms with Crippen LogP contribution < -0.4 is 4.90 Å². The quantitative estimate of drug-likeness (QED) is 0.420. The molecule has 0 spiro atoms. The Labute approximate surface area is 203 Å². The van der Waals surface area contributed by atoms with Crippen LogP contribution in [0.15, 0.2) is 84.9 Å². The summed E-state index contributed by atoms with van der Waals surface area (Å²) in [5.74, 6) is 1.68. The average molecular weight is 455 g/mol. The molecule has 2 unspecified atom stereocenters. The molecule has 4 heteroatoms. The van der Waals surface area contributed by atoms with E-state index in [-0.39, 0.29) is 6.09 Å². The number of anilines is 1. The molecule has 1 saturated heterocycles. The Balaban J connectivity index is 1.22. The van der Waals surface area contributed by atoms with Gasteiger partial charge in [-0.2, -0.15) is 0 Å². The molecule has 4 nitrogen and oxygen atoms in total. The number of amides is 1. The van der Waals surface area contributed by atoms with Crippen LogP contribution in [0.1, 0.15) is 29.5 Å². The van der Waals surface area contributed by atoms with E-state index in [1.807, 2.05) is 30.3 Å². The van der Waals surface area contributed by atoms with E-state index in [0.29, 0.717) is 30.9 Å². The van der Waals surface area contributed by atoms with E-state index in [2.05, 4.69) is 66.4 Å². The number of carbonyl (C=O) groups excluding carboxylic acids is 1. The lowest BCUT2D eigenvalue weighted by Crippen LogP contribution is -2.43. The van der Waals surface area contributed by atoms with Gasteiger partial charge in [0.15, 0.2) is 0 Å². The lowest BCUT2D eigenvalue weighted by atomic mass is 9.85. The number of rotatable bonds is 7. The molecule has 1 aliphatic heterocycles. The zero-order valence-corrected chi connectivity index (χ0v) is 20.0. The minimum atomic E-state index is -0.252. The first-order valence-electron chi connectivity index (χ1n) is 12.5. The number of likely N-dealkylation sites (tertiary alicyclic amines) is 1. The van der Waals surface area contributed by atoms with Crippen LogP contribution in [0.25, 0.3) is 0 Å². The van der Waals surface area contributed by atoms with Crippen LogP contribution in [0, 0.1) is 24.7 Å². The Morgan fingerprint density at radius 2 is 1.47 bits per heavy atom. The fourth-order valence-corrected chi connectivity index (χ4v) is 5.67. The molecule has 2 atom stereocenters. The van der Waals surface area contributed by atoms with Crippen molar-refractivity contribution in [2.24, 2.45) is 17.8 Å². The van der Waals surface area contributed by atoms with E-state index in [4.69, 9.17) is 4.74 Å². The van der Waals surface area contributed by atoms with E-state index in [1.54, 1.807) is 4.90 Å². The van der Waals surface area contributed by atoms with Gasteiger partial charge in [0.2, 0.25) is 0 Å². The Morgan fingerprint density at radius 3 is 2.12 bits per heavy atom. The van der Waals surface area contributed by atoms with Gasteiger partial charge < -0.3 is 4.74 Å². The number of nitrogens with zero attached hydrogens (tertiary/aromatic N) is 2. The molecule has 0 aromatic heterocycles. The first-order valence-corrected chi connectivity index (χ1v) is 12.5. The molecule has 2 bridgehead atoms. The second kappa shape index (κ2) is 10.4. The predicted octanol–water partition coefficient (Wildman–Crippen LogP) is 6.30. The number of piperidine rings is 1. The standard InChI is InChI=1S/C30H34N2O2/c1-23-12-14-25(15-13-23)19-32(28-10-6-3-7-11-28)30(33)34-22-29-26-16-17-27(29)21-31(20-26)18-24-8-4-2-5-9-24/h2-15,26-27,29H,16-22H2,1H3. The number of fused-ring (bicyclic) bond motifs is 2. The van der Waals surface area contributed by atoms with Gasteiger partial charge in [-0.3, -0.25) is 9.80 Å². The lowest BCUT2D eigenvalue weighted by molar-refractivity contribution is 0.0506. The molecule has 0 N–H and O–H groups in total. The number of hydrogen-bond acceptors (Lipinski definition) is 3. The summed E-state index contributed by atoms with van der Waals surface area (Å²) >= 11 is 0. The van der Waals surface area contributed by atoms with Crippen LogP contribution in [-0.4, -0.2) is 30.7 Å². The maximum absolute atomic E-state index is 13.3. The third kappa shape index (κ3) is 5.34. The number of aryl methyl sites for hydroxylation is 1. The van der Waals surface area contributed by atoms with Gasteiger partial charge in [0.05, 0.1) is 13.2 Å². The molecule has 0 radical (unpaired) electrons. The van der Waals surface area contributed by atoms with Crippen molar-refractivity contribution in [1.29, 1.82) is 0 Å². The van der Waals surface area contributed by atoms with Crippen molar-refractivity contribution in [3.05, 3.63) is 102 Å². The van der Waals surface area contributed by atoms with Gasteiger partial charge in [-0.05, 0) is 54.9 Å². The highest BCUT2D eigenvalue weighted by atomic mass is 16.6. The van der Waals surface area contributed by atoms with Crippen molar-refractivity contribution in [3.8, 4) is 0 Å². The molecule has 34 heavy (non-hydrogen) atoms. The van der Waals surface area contributed by atoms with Crippen LogP contribution in [-0.2, 0) is 17.8 Å². The molecule has 2 fully saturated rings. The summed E-state index contributed by atoms with van der Waals surface area (Å²) in [5, 5.41) is 0. The van der Waals surface area contributed by atoms with Crippen molar-refractivity contribution in [1.82, 2.24) is 4.90 Å². The second-order valence-corrected chi connectivity index (χ2v) is 9.93. The molecule has 1 aliphatic carbocycles. The SMILES string of the molecule is Cc1ccc(CN(C(=O)OCC2C3CCC2CN(Cc2ccccc2)C3)c2ccccc2)cc1. The number of benzene rings is 3. The van der Waals surface area contributed by atoms with Crippen LogP contribution >= 0.6 is 0 Å². The first-order chi connectivity index (χ1) is 16.7. The van der Waals surface area contributed by atoms with E-state index >= 15 is 0 Å². The van der Waals surface area contributed by atoms with Crippen LogP contribution in [0.2, 0.25) is 0 Å². The third-order valence-electron chi connectivity index (χ3n) is 7.50. The van der Waals surface area contributed by atoms with Crippen molar-refractivity contribution in [2.45, 2.75) is 32.9 Å². The Hall–Kier alpha value is -3.11. The summed E-state index contributed by atoms with van der Waals surface area (Å²) < 4.78 is 6.00. The van der Waals surface area contributed by atoms with Crippen LogP contribution in [0.5, 0.6) is 0 Å². The highest BCUT2D eigenvalue weighted by Crippen LogP contribution is 2.42. The van der Waals surface area contributed by atoms with Crippen molar-refractivity contribution >= 4 is 11.8 Å². The number of hydrogen-bond donors (Lipinski definition) is 0. The van der Waals surface area contributed by atoms with Crippen molar-refractivity contribution < 1.29 is 9.53 Å². The first kappa shape index (κ1) is 22.7. The molecule has 5 rings (SSSR count). The van der Waals surface area contributed by atoms with Gasteiger partial charge >= 0.3 is 6.09 Å². The summed E-state index contributed by atoms with van der Waals surface area (Å²) in [4.78, 5) is 17.6. The number of para-hydroxylation sites is 1. The Bertz CT molecular complexity index is 1050. The summed E-state index contributed by atoms with van der Waals surface area (Å²) in [6, 6.07) is 28.9. The maximum Gasteiger partial charge on any atom is 0.414 e. The largest absolute Gasteiger partial charge is 0.449 e. The summed E-state index contributed by atoms with van der Waals surface area (Å²) in [7, 11) is 0. The van der Waals surface area contributed by atoms with Gasteiger partial charge in [-0.25, -0.2) is 4.79 Å². The molecule has 2 aliphatic rings. The van der Waals surface area contributed by atoms with Crippen molar-refractivity contribution in [3.63, 3.8) is 0 Å². The normalized spacial score (nSPS) is 21.9. The molecule has 3 aromatic carbocycles. The minimum Gasteiger partial charge on any atom is -0.449 e. The summed E-state index contributed by atoms with van der Waals surface area (Å²) in [6.45, 7) is 6.31. The Kier molecular flexibility index (Phi) is 6.96. The molecule has 1 heterocycles. The monoisotopic (exact) mass is 454 g/mol. The van der Waals surface area contributed by atoms with Crippen LogP contribution in [0.3, 0.4) is 0 Å². The van der Waals surface area contributed by atoms with E-state index in [1.165, 1.54) is 24.0 Å². The average Bonchev–Trinajstić information content (AvgIpc) is 3.11. The van der Waals surface area contributed by atoms with Crippen molar-refractivity contribution in [2.75, 3.05) is 24.6 Å². The summed E-state index contributed by atoms with van der Waals surface area (Å²) in [5.41, 5.74) is 4.56. The number of ether oxygens (including phenoxy) is 1. The van der Waals surface area contributed by atoms with E-state index in [9.17, 15) is 4.79 Å². The zero-order chi connectivity index (χ0) is 23.3. The third-order valence-corrected chi connectivity index (χ3v) is 7.50. The molecular weight excluding hydrogens is 420 g/mol. The highest BCUT2D eigenvalue weighted by Gasteiger charge is 2.42. The highest BCUT2D eigenvalue weighted by molar-refractivity contribution is 5.87. The lowest BCUT2D eigenvalue weighted by Gasteiger charge is -2.38. The molecule has 3 aromatic rings. The Morgan fingerprint density at radius 1 is 0.853 bits per heavy atom. The van der Waals surface area contributed by atoms with Gasteiger partial charge in [0.25, 0.3) is 0 Å². The van der Waals surface area contributed by atoms with Gasteiger partial charge in [-0.15, -0.1) is 0 Å². The van der Waals surface area contributed by atoms with Gasteiger partial charge in [0, 0.05) is 31.2 Å². The fourth-order valence-electron chi connectivity index (χ4n) is 5.67. The minimum absolute atomic E-state index is 0.252. The molecule has 1 saturated carbocycles. The van der Waals surface area contributed by atoms with Gasteiger partial charge in [-0.1, -0.05) is 78.4 Å². The predicted molar refractivity (Wildman–Crippen MR) is 137 cm³/mol. The molecular formula is C30H34N2O2. The second-order valence-electron chi connectivity index (χ2n) is 9.93. The molecule has 1 amide bonds. The summed E-state index contributed by atoms with van der Waals surface area (Å²) in [6.07, 6.45) is 2.23. The maximum atomic E-state index is 13.3. The molecule has 176 valence electrons. The van der Waals surface area contributed by atoms with E-state index in [0.717, 1.165) is 30.9 Å². The topological polar surface area (TPSA) is 32.8 Å². The zero-order valence-electron chi connectivity index (χ0n) is 20.0.